The minimum Gasteiger partial charge on any atom is -0.487 e. The minimum absolute atomic E-state index is 0. The zero-order chi connectivity index (χ0) is 21.6. The second kappa shape index (κ2) is 15.3. The van der Waals surface area contributed by atoms with Gasteiger partial charge in [0.15, 0.2) is 5.96 Å². The second-order valence-corrected chi connectivity index (χ2v) is 6.86. The van der Waals surface area contributed by atoms with Crippen LogP contribution in [0, 0.1) is 0 Å². The number of aliphatic imine (C=N–C) groups is 1. The first-order chi connectivity index (χ1) is 15.3. The Balaban J connectivity index is 0.00000363. The Labute approximate surface area is 206 Å². The number of ether oxygens (including phenoxy) is 2. The Morgan fingerprint density at radius 1 is 1.03 bits per heavy atom. The van der Waals surface area contributed by atoms with E-state index in [-0.39, 0.29) is 24.0 Å². The third-order valence-electron chi connectivity index (χ3n) is 4.38. The Morgan fingerprint density at radius 2 is 1.91 bits per heavy atom. The number of aromatic nitrogens is 1. The average Bonchev–Trinajstić information content (AvgIpc) is 3.33. The van der Waals surface area contributed by atoms with Gasteiger partial charge in [0.05, 0.1) is 18.5 Å². The van der Waals surface area contributed by atoms with Crippen molar-refractivity contribution in [3.05, 3.63) is 84.1 Å². The molecule has 0 spiro atoms. The maximum absolute atomic E-state index is 5.78. The largest absolute Gasteiger partial charge is 0.487 e. The smallest absolute Gasteiger partial charge is 0.191 e. The average molecular weight is 550 g/mol. The maximum Gasteiger partial charge on any atom is 0.191 e. The fourth-order valence-corrected chi connectivity index (χ4v) is 2.79. The lowest BCUT2D eigenvalue weighted by Crippen LogP contribution is -2.38. The van der Waals surface area contributed by atoms with Gasteiger partial charge in [-0.2, -0.15) is 0 Å². The highest BCUT2D eigenvalue weighted by Crippen LogP contribution is 2.14. The Morgan fingerprint density at radius 3 is 2.62 bits per heavy atom. The first kappa shape index (κ1) is 25.7. The van der Waals surface area contributed by atoms with Crippen LogP contribution >= 0.6 is 24.0 Å². The van der Waals surface area contributed by atoms with E-state index in [4.69, 9.17) is 13.9 Å². The van der Waals surface area contributed by atoms with Crippen molar-refractivity contribution in [1.29, 1.82) is 0 Å². The Kier molecular flexibility index (Phi) is 12.2. The predicted octanol–water partition coefficient (Wildman–Crippen LogP) is 4.53. The van der Waals surface area contributed by atoms with E-state index < -0.39 is 0 Å². The van der Waals surface area contributed by atoms with Gasteiger partial charge < -0.3 is 24.5 Å². The van der Waals surface area contributed by atoms with Crippen LogP contribution in [-0.2, 0) is 24.5 Å². The lowest BCUT2D eigenvalue weighted by molar-refractivity contribution is 0.105. The van der Waals surface area contributed by atoms with Gasteiger partial charge >= 0.3 is 0 Å². The van der Waals surface area contributed by atoms with Gasteiger partial charge in [-0.1, -0.05) is 18.2 Å². The summed E-state index contributed by atoms with van der Waals surface area (Å²) in [6.45, 7) is 5.85. The van der Waals surface area contributed by atoms with Crippen molar-refractivity contribution in [3.63, 3.8) is 0 Å². The van der Waals surface area contributed by atoms with Crippen LogP contribution in [0.4, 0.5) is 0 Å². The summed E-state index contributed by atoms with van der Waals surface area (Å²) >= 11 is 0. The van der Waals surface area contributed by atoms with E-state index in [1.807, 2.05) is 54.6 Å². The lowest BCUT2D eigenvalue weighted by atomic mass is 10.2. The van der Waals surface area contributed by atoms with E-state index in [1.54, 1.807) is 12.5 Å². The summed E-state index contributed by atoms with van der Waals surface area (Å²) in [6.07, 6.45) is 4.30. The molecule has 0 unspecified atom stereocenters. The van der Waals surface area contributed by atoms with E-state index in [1.165, 1.54) is 0 Å². The number of halogens is 1. The van der Waals surface area contributed by atoms with Crippen LogP contribution < -0.4 is 15.4 Å². The summed E-state index contributed by atoms with van der Waals surface area (Å²) in [5, 5.41) is 6.61. The number of furan rings is 1. The number of nitrogens with zero attached hydrogens (tertiary/aromatic N) is 2. The topological polar surface area (TPSA) is 80.9 Å². The SMILES string of the molecule is CCNC(=NCc1ccc(OCc2ccccn2)cc1)NCCCOCc1ccco1.I. The molecule has 32 heavy (non-hydrogen) atoms. The van der Waals surface area contributed by atoms with E-state index in [2.05, 4.69) is 27.5 Å². The molecule has 0 aliphatic heterocycles. The number of nitrogens with one attached hydrogen (secondary N) is 2. The van der Waals surface area contributed by atoms with Gasteiger partial charge in [0, 0.05) is 25.9 Å². The fourth-order valence-electron chi connectivity index (χ4n) is 2.79. The summed E-state index contributed by atoms with van der Waals surface area (Å²) in [5.74, 6) is 2.46. The molecule has 3 aromatic rings. The monoisotopic (exact) mass is 550 g/mol. The molecule has 2 heterocycles. The molecule has 2 N–H and O–H groups in total. The van der Waals surface area contributed by atoms with Crippen LogP contribution in [0.15, 0.2) is 76.5 Å². The molecule has 0 radical (unpaired) electrons. The number of hydrogen-bond acceptors (Lipinski definition) is 5. The zero-order valence-electron chi connectivity index (χ0n) is 18.3. The van der Waals surface area contributed by atoms with Gasteiger partial charge in [-0.3, -0.25) is 4.98 Å². The van der Waals surface area contributed by atoms with Crippen LogP contribution in [-0.4, -0.2) is 30.6 Å². The molecule has 8 heteroatoms. The van der Waals surface area contributed by atoms with Gasteiger partial charge in [0.25, 0.3) is 0 Å². The summed E-state index contributed by atoms with van der Waals surface area (Å²) in [7, 11) is 0. The summed E-state index contributed by atoms with van der Waals surface area (Å²) in [4.78, 5) is 8.91. The van der Waals surface area contributed by atoms with Crippen LogP contribution in [0.3, 0.4) is 0 Å². The molecular formula is C24H31IN4O3. The summed E-state index contributed by atoms with van der Waals surface area (Å²) in [5.41, 5.74) is 2.02. The van der Waals surface area contributed by atoms with E-state index in [0.29, 0.717) is 26.4 Å². The molecule has 2 aromatic heterocycles. The molecule has 0 bridgehead atoms. The van der Waals surface area contributed by atoms with Gasteiger partial charge in [0.1, 0.15) is 24.7 Å². The standard InChI is InChI=1S/C24H30N4O3.HI/c1-2-25-24(27-14-6-15-29-19-23-8-5-16-30-23)28-17-20-9-11-22(12-10-20)31-18-21-7-3-4-13-26-21;/h3-5,7-13,16H,2,6,14-15,17-19H2,1H3,(H2,25,27,28);1H. The quantitative estimate of drug-likeness (QED) is 0.149. The van der Waals surface area contributed by atoms with Crippen molar-refractivity contribution in [3.8, 4) is 5.75 Å². The lowest BCUT2D eigenvalue weighted by Gasteiger charge is -2.11. The highest BCUT2D eigenvalue weighted by molar-refractivity contribution is 14.0. The molecule has 0 saturated heterocycles. The molecule has 172 valence electrons. The Hall–Kier alpha value is -2.59. The highest BCUT2D eigenvalue weighted by Gasteiger charge is 2.01. The number of guanidine groups is 1. The fraction of sp³-hybridized carbons (Fsp3) is 0.333. The summed E-state index contributed by atoms with van der Waals surface area (Å²) < 4.78 is 16.6. The molecule has 7 nitrogen and oxygen atoms in total. The summed E-state index contributed by atoms with van der Waals surface area (Å²) in [6, 6.07) is 17.6. The van der Waals surface area contributed by atoms with Crippen LogP contribution in [0.25, 0.3) is 0 Å². The van der Waals surface area contributed by atoms with Gasteiger partial charge in [0.2, 0.25) is 0 Å². The van der Waals surface area contributed by atoms with Crippen molar-refractivity contribution >= 4 is 29.9 Å². The first-order valence-corrected chi connectivity index (χ1v) is 10.6. The third-order valence-corrected chi connectivity index (χ3v) is 4.38. The van der Waals surface area contributed by atoms with Crippen molar-refractivity contribution < 1.29 is 13.9 Å². The maximum atomic E-state index is 5.78. The number of hydrogen-bond donors (Lipinski definition) is 2. The van der Waals surface area contributed by atoms with Gasteiger partial charge in [-0.25, -0.2) is 4.99 Å². The van der Waals surface area contributed by atoms with Crippen molar-refractivity contribution in [2.24, 2.45) is 4.99 Å². The third kappa shape index (κ3) is 9.69. The number of benzene rings is 1. The number of rotatable bonds is 12. The molecule has 3 rings (SSSR count). The first-order valence-electron chi connectivity index (χ1n) is 10.6. The Bertz CT molecular complexity index is 887. The predicted molar refractivity (Wildman–Crippen MR) is 136 cm³/mol. The molecule has 0 atom stereocenters. The van der Waals surface area contributed by atoms with Crippen LogP contribution in [0.5, 0.6) is 5.75 Å². The molecule has 1 aromatic carbocycles. The second-order valence-electron chi connectivity index (χ2n) is 6.86. The van der Waals surface area contributed by atoms with E-state index >= 15 is 0 Å². The molecule has 0 aliphatic rings. The molecular weight excluding hydrogens is 519 g/mol. The molecule has 0 saturated carbocycles. The van der Waals surface area contributed by atoms with Crippen LogP contribution in [0.2, 0.25) is 0 Å². The van der Waals surface area contributed by atoms with Crippen LogP contribution in [0.1, 0.15) is 30.4 Å². The highest BCUT2D eigenvalue weighted by atomic mass is 127. The van der Waals surface area contributed by atoms with E-state index in [0.717, 1.165) is 48.2 Å². The molecule has 0 amide bonds. The molecule has 0 fully saturated rings. The molecule has 0 aliphatic carbocycles. The minimum atomic E-state index is 0. The van der Waals surface area contributed by atoms with E-state index in [9.17, 15) is 0 Å². The normalized spacial score (nSPS) is 11.0. The zero-order valence-corrected chi connectivity index (χ0v) is 20.7. The van der Waals surface area contributed by atoms with Crippen molar-refractivity contribution in [2.45, 2.75) is 33.1 Å². The van der Waals surface area contributed by atoms with Crippen molar-refractivity contribution in [2.75, 3.05) is 19.7 Å². The van der Waals surface area contributed by atoms with Gasteiger partial charge in [-0.05, 0) is 55.3 Å². The van der Waals surface area contributed by atoms with Crippen molar-refractivity contribution in [1.82, 2.24) is 15.6 Å². The number of pyridine rings is 1. The van der Waals surface area contributed by atoms with Gasteiger partial charge in [-0.15, -0.1) is 24.0 Å².